The number of nitrogens with zero attached hydrogens (tertiary/aromatic N) is 3. The molecule has 0 aliphatic rings. The smallest absolute Gasteiger partial charge is 0.229 e. The van der Waals surface area contributed by atoms with Gasteiger partial charge in [0.05, 0.1) is 11.6 Å². The molecule has 0 bridgehead atoms. The molecule has 0 saturated heterocycles. The largest absolute Gasteiger partial charge is 0.370 e. The van der Waals surface area contributed by atoms with Crippen LogP contribution in [-0.4, -0.2) is 16.5 Å². The predicted molar refractivity (Wildman–Crippen MR) is 84.5 cm³/mol. The number of hydrogen-bond donors (Lipinski definition) is 2. The summed E-state index contributed by atoms with van der Waals surface area (Å²) in [6, 6.07) is 11.3. The van der Waals surface area contributed by atoms with Gasteiger partial charge in [0, 0.05) is 24.0 Å². The third-order valence-corrected chi connectivity index (χ3v) is 2.79. The van der Waals surface area contributed by atoms with Crippen LogP contribution in [-0.2, 0) is 0 Å². The van der Waals surface area contributed by atoms with Crippen LogP contribution >= 0.6 is 0 Å². The molecule has 0 spiro atoms. The Balaban J connectivity index is 2.17. The van der Waals surface area contributed by atoms with E-state index < -0.39 is 0 Å². The number of anilines is 3. The summed E-state index contributed by atoms with van der Waals surface area (Å²) in [5.41, 5.74) is 2.29. The van der Waals surface area contributed by atoms with E-state index in [1.165, 1.54) is 0 Å². The summed E-state index contributed by atoms with van der Waals surface area (Å²) in [4.78, 5) is 8.81. The van der Waals surface area contributed by atoms with Gasteiger partial charge in [-0.05, 0) is 31.0 Å². The fourth-order valence-corrected chi connectivity index (χ4v) is 1.82. The van der Waals surface area contributed by atoms with Gasteiger partial charge in [-0.2, -0.15) is 10.2 Å². The Hall–Kier alpha value is -2.61. The molecule has 21 heavy (non-hydrogen) atoms. The molecule has 0 amide bonds. The number of aromatic nitrogens is 2. The molecular formula is C16H19N5. The zero-order chi connectivity index (χ0) is 15.2. The first kappa shape index (κ1) is 14.8. The van der Waals surface area contributed by atoms with Crippen molar-refractivity contribution in [2.45, 2.75) is 20.8 Å². The van der Waals surface area contributed by atoms with Crippen molar-refractivity contribution in [2.75, 3.05) is 17.2 Å². The van der Waals surface area contributed by atoms with Crippen molar-refractivity contribution >= 4 is 17.5 Å². The van der Waals surface area contributed by atoms with Crippen LogP contribution in [0.2, 0.25) is 0 Å². The minimum Gasteiger partial charge on any atom is -0.370 e. The van der Waals surface area contributed by atoms with Crippen molar-refractivity contribution < 1.29 is 0 Å². The van der Waals surface area contributed by atoms with E-state index in [1.54, 1.807) is 12.1 Å². The molecule has 0 atom stereocenters. The third-order valence-electron chi connectivity index (χ3n) is 2.79. The lowest BCUT2D eigenvalue weighted by atomic mass is 10.2. The maximum absolute atomic E-state index is 8.92. The van der Waals surface area contributed by atoms with Gasteiger partial charge in [0.25, 0.3) is 0 Å². The molecule has 1 heterocycles. The average Bonchev–Trinajstić information content (AvgIpc) is 2.45. The second-order valence-electron chi connectivity index (χ2n) is 5.31. The Labute approximate surface area is 125 Å². The minimum atomic E-state index is 0.524. The first-order chi connectivity index (χ1) is 10.1. The third kappa shape index (κ3) is 4.46. The number of aryl methyl sites for hydroxylation is 1. The Bertz CT molecular complexity index is 658. The summed E-state index contributed by atoms with van der Waals surface area (Å²) >= 11 is 0. The molecule has 0 fully saturated rings. The molecule has 108 valence electrons. The summed E-state index contributed by atoms with van der Waals surface area (Å²) < 4.78 is 0. The molecule has 0 unspecified atom stereocenters. The fraction of sp³-hybridized carbons (Fsp3) is 0.312. The standard InChI is InChI=1S/C16H19N5/c1-11(2)10-18-15-7-12(3)19-16(21-15)20-14-6-4-5-13(8-14)9-17/h4-8,11H,10H2,1-3H3,(H2,18,19,20,21). The van der Waals surface area contributed by atoms with E-state index in [-0.39, 0.29) is 0 Å². The highest BCUT2D eigenvalue weighted by Crippen LogP contribution is 2.17. The van der Waals surface area contributed by atoms with Crippen LogP contribution in [0.4, 0.5) is 17.5 Å². The van der Waals surface area contributed by atoms with Crippen LogP contribution in [0.1, 0.15) is 25.1 Å². The van der Waals surface area contributed by atoms with Gasteiger partial charge in [0.2, 0.25) is 5.95 Å². The van der Waals surface area contributed by atoms with Crippen molar-refractivity contribution in [1.29, 1.82) is 5.26 Å². The van der Waals surface area contributed by atoms with Gasteiger partial charge in [-0.1, -0.05) is 19.9 Å². The van der Waals surface area contributed by atoms with E-state index in [0.717, 1.165) is 23.7 Å². The van der Waals surface area contributed by atoms with Crippen molar-refractivity contribution in [1.82, 2.24) is 9.97 Å². The Morgan fingerprint density at radius 2 is 2.05 bits per heavy atom. The average molecular weight is 281 g/mol. The Morgan fingerprint density at radius 3 is 2.76 bits per heavy atom. The molecule has 0 saturated carbocycles. The zero-order valence-electron chi connectivity index (χ0n) is 12.5. The van der Waals surface area contributed by atoms with E-state index in [1.807, 2.05) is 25.1 Å². The molecule has 0 radical (unpaired) electrons. The van der Waals surface area contributed by atoms with Crippen molar-refractivity contribution in [3.8, 4) is 6.07 Å². The molecule has 0 aliphatic carbocycles. The van der Waals surface area contributed by atoms with E-state index in [9.17, 15) is 0 Å². The molecule has 2 aromatic rings. The summed E-state index contributed by atoms with van der Waals surface area (Å²) in [7, 11) is 0. The lowest BCUT2D eigenvalue weighted by molar-refractivity contribution is 0.687. The minimum absolute atomic E-state index is 0.524. The molecule has 1 aromatic carbocycles. The van der Waals surface area contributed by atoms with Crippen molar-refractivity contribution in [3.05, 3.63) is 41.6 Å². The molecule has 5 nitrogen and oxygen atoms in total. The summed E-state index contributed by atoms with van der Waals surface area (Å²) in [6.45, 7) is 7.08. The van der Waals surface area contributed by atoms with Crippen LogP contribution in [0, 0.1) is 24.2 Å². The highest BCUT2D eigenvalue weighted by atomic mass is 15.1. The van der Waals surface area contributed by atoms with Gasteiger partial charge in [-0.15, -0.1) is 0 Å². The molecular weight excluding hydrogens is 262 g/mol. The van der Waals surface area contributed by atoms with Gasteiger partial charge in [0.1, 0.15) is 5.82 Å². The monoisotopic (exact) mass is 281 g/mol. The fourth-order valence-electron chi connectivity index (χ4n) is 1.82. The predicted octanol–water partition coefficient (Wildman–Crippen LogP) is 3.47. The highest BCUT2D eigenvalue weighted by Gasteiger charge is 2.04. The number of benzene rings is 1. The molecule has 2 N–H and O–H groups in total. The normalized spacial score (nSPS) is 10.2. The van der Waals surface area contributed by atoms with Gasteiger partial charge in [-0.3, -0.25) is 0 Å². The number of rotatable bonds is 5. The quantitative estimate of drug-likeness (QED) is 0.877. The van der Waals surface area contributed by atoms with Crippen LogP contribution in [0.15, 0.2) is 30.3 Å². The van der Waals surface area contributed by atoms with E-state index >= 15 is 0 Å². The summed E-state index contributed by atoms with van der Waals surface area (Å²) in [5.74, 6) is 1.87. The van der Waals surface area contributed by atoms with Crippen molar-refractivity contribution in [3.63, 3.8) is 0 Å². The topological polar surface area (TPSA) is 73.6 Å². The summed E-state index contributed by atoms with van der Waals surface area (Å²) in [6.07, 6.45) is 0. The first-order valence-corrected chi connectivity index (χ1v) is 6.93. The SMILES string of the molecule is Cc1cc(NCC(C)C)nc(Nc2cccc(C#N)c2)n1. The second kappa shape index (κ2) is 6.71. The maximum atomic E-state index is 8.92. The first-order valence-electron chi connectivity index (χ1n) is 6.93. The molecule has 1 aromatic heterocycles. The summed E-state index contributed by atoms with van der Waals surface area (Å²) in [5, 5.41) is 15.3. The number of hydrogen-bond acceptors (Lipinski definition) is 5. The second-order valence-corrected chi connectivity index (χ2v) is 5.31. The van der Waals surface area contributed by atoms with E-state index in [0.29, 0.717) is 17.4 Å². The van der Waals surface area contributed by atoms with Crippen LogP contribution in [0.5, 0.6) is 0 Å². The highest BCUT2D eigenvalue weighted by molar-refractivity contribution is 5.57. The van der Waals surface area contributed by atoms with E-state index in [4.69, 9.17) is 5.26 Å². The lowest BCUT2D eigenvalue weighted by Crippen LogP contribution is -2.10. The van der Waals surface area contributed by atoms with Crippen LogP contribution in [0.3, 0.4) is 0 Å². The molecule has 5 heteroatoms. The lowest BCUT2D eigenvalue weighted by Gasteiger charge is -2.11. The zero-order valence-corrected chi connectivity index (χ0v) is 12.5. The van der Waals surface area contributed by atoms with Crippen LogP contribution < -0.4 is 10.6 Å². The Morgan fingerprint density at radius 1 is 1.24 bits per heavy atom. The van der Waals surface area contributed by atoms with Gasteiger partial charge in [0.15, 0.2) is 0 Å². The van der Waals surface area contributed by atoms with E-state index in [2.05, 4.69) is 40.5 Å². The van der Waals surface area contributed by atoms with Gasteiger partial charge < -0.3 is 10.6 Å². The number of nitriles is 1. The Kier molecular flexibility index (Phi) is 4.72. The molecule has 0 aliphatic heterocycles. The van der Waals surface area contributed by atoms with Gasteiger partial charge >= 0.3 is 0 Å². The van der Waals surface area contributed by atoms with Crippen molar-refractivity contribution in [2.24, 2.45) is 5.92 Å². The number of nitrogens with one attached hydrogen (secondary N) is 2. The van der Waals surface area contributed by atoms with Gasteiger partial charge in [-0.25, -0.2) is 4.98 Å². The van der Waals surface area contributed by atoms with Crippen LogP contribution in [0.25, 0.3) is 0 Å². The molecule has 2 rings (SSSR count). The maximum Gasteiger partial charge on any atom is 0.229 e.